The number of benzene rings is 2. The molecule has 2 aromatic heterocycles. The van der Waals surface area contributed by atoms with Crippen LogP contribution in [0.3, 0.4) is 0 Å². The summed E-state index contributed by atoms with van der Waals surface area (Å²) < 4.78 is 13.3. The number of rotatable bonds is 7. The van der Waals surface area contributed by atoms with E-state index in [1.54, 1.807) is 55.0 Å². The molecule has 158 valence electrons. The first-order valence-electron chi connectivity index (χ1n) is 9.80. The van der Waals surface area contributed by atoms with E-state index in [9.17, 15) is 4.39 Å². The first kappa shape index (κ1) is 20.7. The Morgan fingerprint density at radius 3 is 2.44 bits per heavy atom. The Morgan fingerprint density at radius 1 is 0.938 bits per heavy atom. The van der Waals surface area contributed by atoms with Crippen LogP contribution in [0.25, 0.3) is 0 Å². The van der Waals surface area contributed by atoms with Crippen LogP contribution in [0.2, 0.25) is 0 Å². The smallest absolute Gasteiger partial charge is 0.227 e. The van der Waals surface area contributed by atoms with Gasteiger partial charge in [-0.05, 0) is 42.8 Å². The number of hydrogen-bond donors (Lipinski definition) is 3. The van der Waals surface area contributed by atoms with Crippen LogP contribution in [0.5, 0.6) is 0 Å². The molecule has 3 N–H and O–H groups in total. The molecule has 2 heterocycles. The Labute approximate surface area is 184 Å². The van der Waals surface area contributed by atoms with Gasteiger partial charge in [0.05, 0.1) is 23.9 Å². The summed E-state index contributed by atoms with van der Waals surface area (Å²) in [5.74, 6) is 1.60. The van der Waals surface area contributed by atoms with E-state index in [-0.39, 0.29) is 11.9 Å². The second kappa shape index (κ2) is 9.49. The molecule has 32 heavy (non-hydrogen) atoms. The highest BCUT2D eigenvalue weighted by Crippen LogP contribution is 2.24. The van der Waals surface area contributed by atoms with E-state index in [4.69, 9.17) is 5.26 Å². The molecule has 0 spiro atoms. The molecule has 0 fully saturated rings. The minimum absolute atomic E-state index is 0.169. The van der Waals surface area contributed by atoms with E-state index in [0.29, 0.717) is 34.7 Å². The van der Waals surface area contributed by atoms with Crippen molar-refractivity contribution >= 4 is 29.1 Å². The number of hydrogen-bond acceptors (Lipinski definition) is 8. The van der Waals surface area contributed by atoms with Crippen LogP contribution in [0.4, 0.5) is 33.5 Å². The van der Waals surface area contributed by atoms with Crippen molar-refractivity contribution < 1.29 is 4.39 Å². The van der Waals surface area contributed by atoms with Gasteiger partial charge in [0.2, 0.25) is 5.95 Å². The topological polar surface area (TPSA) is 111 Å². The van der Waals surface area contributed by atoms with Gasteiger partial charge in [0, 0.05) is 24.1 Å². The summed E-state index contributed by atoms with van der Waals surface area (Å²) in [5.41, 5.74) is 2.13. The zero-order valence-electron chi connectivity index (χ0n) is 17.1. The summed E-state index contributed by atoms with van der Waals surface area (Å²) in [6.45, 7) is 1.93. The van der Waals surface area contributed by atoms with Crippen molar-refractivity contribution in [2.75, 3.05) is 16.0 Å². The number of anilines is 5. The van der Waals surface area contributed by atoms with Crippen molar-refractivity contribution in [1.82, 2.24) is 19.9 Å². The van der Waals surface area contributed by atoms with Crippen molar-refractivity contribution in [2.45, 2.75) is 13.0 Å². The lowest BCUT2D eigenvalue weighted by Crippen LogP contribution is -2.11. The third-order valence-electron chi connectivity index (χ3n) is 4.53. The van der Waals surface area contributed by atoms with Gasteiger partial charge in [-0.1, -0.05) is 18.2 Å². The number of halogens is 1. The van der Waals surface area contributed by atoms with Crippen LogP contribution in [0.1, 0.15) is 24.1 Å². The van der Waals surface area contributed by atoms with E-state index in [2.05, 4.69) is 42.0 Å². The maximum Gasteiger partial charge on any atom is 0.227 e. The monoisotopic (exact) mass is 426 g/mol. The number of aromatic nitrogens is 4. The number of nitriles is 1. The first-order valence-corrected chi connectivity index (χ1v) is 9.80. The highest BCUT2D eigenvalue weighted by atomic mass is 19.1. The van der Waals surface area contributed by atoms with Crippen LogP contribution < -0.4 is 16.0 Å². The molecule has 9 heteroatoms. The van der Waals surface area contributed by atoms with Gasteiger partial charge in [0.15, 0.2) is 0 Å². The molecule has 8 nitrogen and oxygen atoms in total. The summed E-state index contributed by atoms with van der Waals surface area (Å²) in [5, 5.41) is 18.7. The maximum atomic E-state index is 13.3. The molecule has 0 saturated heterocycles. The molecular formula is C23H19FN8. The van der Waals surface area contributed by atoms with Gasteiger partial charge in [0.1, 0.15) is 23.3 Å². The Hall–Kier alpha value is -4.58. The fourth-order valence-electron chi connectivity index (χ4n) is 2.98. The third kappa shape index (κ3) is 5.31. The molecule has 1 unspecified atom stereocenters. The van der Waals surface area contributed by atoms with E-state index in [0.717, 1.165) is 5.56 Å². The molecule has 4 aromatic rings. The second-order valence-corrected chi connectivity index (χ2v) is 6.91. The summed E-state index contributed by atoms with van der Waals surface area (Å²) in [6, 6.07) is 17.0. The van der Waals surface area contributed by atoms with Gasteiger partial charge in [0.25, 0.3) is 0 Å². The van der Waals surface area contributed by atoms with Crippen LogP contribution >= 0.6 is 0 Å². The lowest BCUT2D eigenvalue weighted by Gasteiger charge is -2.16. The summed E-state index contributed by atoms with van der Waals surface area (Å²) in [4.78, 5) is 17.3. The predicted octanol–water partition coefficient (Wildman–Crippen LogP) is 4.94. The Morgan fingerprint density at radius 2 is 1.72 bits per heavy atom. The molecule has 0 aliphatic carbocycles. The van der Waals surface area contributed by atoms with Gasteiger partial charge < -0.3 is 16.0 Å². The molecule has 0 saturated carbocycles. The van der Waals surface area contributed by atoms with Gasteiger partial charge >= 0.3 is 0 Å². The minimum Gasteiger partial charge on any atom is -0.348 e. The second-order valence-electron chi connectivity index (χ2n) is 6.91. The summed E-state index contributed by atoms with van der Waals surface area (Å²) in [7, 11) is 0. The minimum atomic E-state index is -0.293. The molecule has 0 bridgehead atoms. The van der Waals surface area contributed by atoms with Crippen molar-refractivity contribution in [3.05, 3.63) is 90.1 Å². The van der Waals surface area contributed by atoms with E-state index >= 15 is 0 Å². The van der Waals surface area contributed by atoms with Gasteiger partial charge in [-0.3, -0.25) is 4.98 Å². The van der Waals surface area contributed by atoms with Gasteiger partial charge in [-0.2, -0.15) is 15.2 Å². The standard InChI is InChI=1S/C23H19FN8/c1-15(17-5-7-18(24)8-6-17)28-23-31-20(29-19-4-2-3-16(11-19)13-25)12-21(32-23)30-22-14-26-9-10-27-22/h2-12,14-15H,1H3,(H3,27,28,29,30,31,32). The Kier molecular flexibility index (Phi) is 6.13. The highest BCUT2D eigenvalue weighted by Gasteiger charge is 2.11. The molecule has 0 radical (unpaired) electrons. The normalized spacial score (nSPS) is 11.3. The first-order chi connectivity index (χ1) is 15.6. The van der Waals surface area contributed by atoms with Gasteiger partial charge in [-0.15, -0.1) is 0 Å². The van der Waals surface area contributed by atoms with E-state index < -0.39 is 0 Å². The predicted molar refractivity (Wildman–Crippen MR) is 120 cm³/mol. The third-order valence-corrected chi connectivity index (χ3v) is 4.53. The molecule has 4 rings (SSSR count). The van der Waals surface area contributed by atoms with Crippen LogP contribution in [0.15, 0.2) is 73.2 Å². The number of nitrogens with zero attached hydrogens (tertiary/aromatic N) is 5. The molecule has 0 aliphatic rings. The summed E-state index contributed by atoms with van der Waals surface area (Å²) in [6.07, 6.45) is 4.74. The van der Waals surface area contributed by atoms with E-state index in [1.165, 1.54) is 12.1 Å². The lowest BCUT2D eigenvalue weighted by atomic mass is 10.1. The summed E-state index contributed by atoms with van der Waals surface area (Å²) >= 11 is 0. The van der Waals surface area contributed by atoms with Crippen molar-refractivity contribution in [3.8, 4) is 6.07 Å². The zero-order chi connectivity index (χ0) is 22.3. The SMILES string of the molecule is CC(Nc1nc(Nc2cccc(C#N)c2)cc(Nc2cnccn2)n1)c1ccc(F)cc1. The van der Waals surface area contributed by atoms with Crippen LogP contribution in [-0.4, -0.2) is 19.9 Å². The molecule has 0 amide bonds. The Balaban J connectivity index is 1.63. The number of nitrogens with one attached hydrogen (secondary N) is 3. The van der Waals surface area contributed by atoms with Crippen LogP contribution in [0, 0.1) is 17.1 Å². The van der Waals surface area contributed by atoms with E-state index in [1.807, 2.05) is 13.0 Å². The van der Waals surface area contributed by atoms with Crippen LogP contribution in [-0.2, 0) is 0 Å². The highest BCUT2D eigenvalue weighted by molar-refractivity contribution is 5.64. The average molecular weight is 426 g/mol. The van der Waals surface area contributed by atoms with Crippen molar-refractivity contribution in [3.63, 3.8) is 0 Å². The quantitative estimate of drug-likeness (QED) is 0.381. The fourth-order valence-corrected chi connectivity index (χ4v) is 2.98. The zero-order valence-corrected chi connectivity index (χ0v) is 17.1. The maximum absolute atomic E-state index is 13.3. The fraction of sp³-hybridized carbons (Fsp3) is 0.0870. The molecule has 1 atom stereocenters. The van der Waals surface area contributed by atoms with Gasteiger partial charge in [-0.25, -0.2) is 9.37 Å². The molecular weight excluding hydrogens is 407 g/mol. The molecule has 0 aliphatic heterocycles. The molecule has 2 aromatic carbocycles. The largest absolute Gasteiger partial charge is 0.348 e. The van der Waals surface area contributed by atoms with Crippen molar-refractivity contribution in [1.29, 1.82) is 5.26 Å². The average Bonchev–Trinajstić information content (AvgIpc) is 2.80. The lowest BCUT2D eigenvalue weighted by molar-refractivity contribution is 0.626. The Bertz CT molecular complexity index is 1240. The van der Waals surface area contributed by atoms with Crippen molar-refractivity contribution in [2.24, 2.45) is 0 Å².